The van der Waals surface area contributed by atoms with Crippen molar-refractivity contribution in [2.75, 3.05) is 25.5 Å². The monoisotopic (exact) mass is 303 g/mol. The van der Waals surface area contributed by atoms with E-state index in [0.29, 0.717) is 18.7 Å². The molecule has 1 N–H and O–H groups in total. The number of carbonyl (C=O) groups is 1. The van der Waals surface area contributed by atoms with Gasteiger partial charge in [0.1, 0.15) is 5.69 Å². The predicted molar refractivity (Wildman–Crippen MR) is 70.2 cm³/mol. The Morgan fingerprint density at radius 3 is 2.95 bits per heavy atom. The molecule has 1 saturated heterocycles. The summed E-state index contributed by atoms with van der Waals surface area (Å²) < 4.78 is 43.2. The highest BCUT2D eigenvalue weighted by atomic mass is 19.4. The number of hydrogen-bond donors (Lipinski definition) is 1. The average molecular weight is 303 g/mol. The summed E-state index contributed by atoms with van der Waals surface area (Å²) in [5.74, 6) is -1.25. The van der Waals surface area contributed by atoms with Gasteiger partial charge in [0.2, 0.25) is 5.88 Å². The number of hydrogen-bond acceptors (Lipinski definition) is 3. The number of aromatic nitrogens is 1. The average Bonchev–Trinajstić information content (AvgIpc) is 2.47. The Balaban J connectivity index is 2.03. The summed E-state index contributed by atoms with van der Waals surface area (Å²) in [6.45, 7) is -0.0150. The maximum atomic E-state index is 12.7. The number of nitrogens with one attached hydrogen (secondary N) is 1. The van der Waals surface area contributed by atoms with E-state index < -0.39 is 18.1 Å². The second-order valence-electron chi connectivity index (χ2n) is 4.82. The number of methoxy groups -OCH3 is 1. The molecule has 21 heavy (non-hydrogen) atoms. The van der Waals surface area contributed by atoms with Crippen molar-refractivity contribution in [3.05, 3.63) is 18.3 Å². The van der Waals surface area contributed by atoms with E-state index in [1.54, 1.807) is 12.1 Å². The Morgan fingerprint density at radius 2 is 2.29 bits per heavy atom. The van der Waals surface area contributed by atoms with Gasteiger partial charge in [0.05, 0.1) is 13.0 Å². The maximum absolute atomic E-state index is 12.7. The summed E-state index contributed by atoms with van der Waals surface area (Å²) >= 11 is 0. The molecule has 0 saturated carbocycles. The summed E-state index contributed by atoms with van der Waals surface area (Å²) in [5, 5.41) is 2.54. The highest BCUT2D eigenvalue weighted by Crippen LogP contribution is 2.33. The normalized spacial score (nSPS) is 19.2. The number of urea groups is 1. The summed E-state index contributed by atoms with van der Waals surface area (Å²) in [6.07, 6.45) is -2.38. The van der Waals surface area contributed by atoms with E-state index in [9.17, 15) is 18.0 Å². The van der Waals surface area contributed by atoms with Gasteiger partial charge in [-0.2, -0.15) is 13.2 Å². The molecule has 0 unspecified atom stereocenters. The zero-order chi connectivity index (χ0) is 15.5. The van der Waals surface area contributed by atoms with E-state index >= 15 is 0 Å². The van der Waals surface area contributed by atoms with Gasteiger partial charge in [0.15, 0.2) is 0 Å². The van der Waals surface area contributed by atoms with Crippen molar-refractivity contribution in [1.82, 2.24) is 9.88 Å². The quantitative estimate of drug-likeness (QED) is 0.914. The molecule has 0 aliphatic carbocycles. The Bertz CT molecular complexity index is 508. The lowest BCUT2D eigenvalue weighted by atomic mass is 9.98. The molecule has 0 radical (unpaired) electrons. The van der Waals surface area contributed by atoms with E-state index in [1.807, 2.05) is 0 Å². The van der Waals surface area contributed by atoms with Crippen LogP contribution in [0, 0.1) is 5.92 Å². The number of alkyl halides is 3. The molecular weight excluding hydrogens is 287 g/mol. The first-order valence-electron chi connectivity index (χ1n) is 6.53. The maximum Gasteiger partial charge on any atom is 0.393 e. The van der Waals surface area contributed by atoms with Crippen LogP contribution in [-0.2, 0) is 0 Å². The lowest BCUT2D eigenvalue weighted by molar-refractivity contribution is -0.183. The fourth-order valence-corrected chi connectivity index (χ4v) is 2.27. The van der Waals surface area contributed by atoms with Gasteiger partial charge in [-0.1, -0.05) is 0 Å². The van der Waals surface area contributed by atoms with Gasteiger partial charge in [0.25, 0.3) is 0 Å². The summed E-state index contributed by atoms with van der Waals surface area (Å²) in [6, 6.07) is 2.61. The molecule has 1 aromatic heterocycles. The molecule has 2 heterocycles. The molecule has 0 aromatic carbocycles. The standard InChI is InChI=1S/C13H16F3N3O2/c1-21-11-10(5-2-6-17-11)18-12(20)19-7-3-4-9(8-19)13(14,15)16/h2,5-6,9H,3-4,7-8H2,1H3,(H,18,20)/t9-/m1/s1. The fourth-order valence-electron chi connectivity index (χ4n) is 2.27. The molecule has 1 aromatic rings. The first kappa shape index (κ1) is 15.4. The summed E-state index contributed by atoms with van der Waals surface area (Å²) in [5.41, 5.74) is 0.333. The molecule has 1 atom stereocenters. The van der Waals surface area contributed by atoms with Crippen molar-refractivity contribution < 1.29 is 22.7 Å². The van der Waals surface area contributed by atoms with Crippen LogP contribution in [0.15, 0.2) is 18.3 Å². The topological polar surface area (TPSA) is 54.5 Å². The molecule has 1 aliphatic heterocycles. The lowest BCUT2D eigenvalue weighted by Gasteiger charge is -2.33. The zero-order valence-corrected chi connectivity index (χ0v) is 11.5. The van der Waals surface area contributed by atoms with Crippen LogP contribution in [0.3, 0.4) is 0 Å². The van der Waals surface area contributed by atoms with Crippen molar-refractivity contribution in [3.63, 3.8) is 0 Å². The number of likely N-dealkylation sites (tertiary alicyclic amines) is 1. The van der Waals surface area contributed by atoms with Crippen LogP contribution < -0.4 is 10.1 Å². The van der Waals surface area contributed by atoms with Crippen LogP contribution in [0.25, 0.3) is 0 Å². The second kappa shape index (κ2) is 6.19. The van der Waals surface area contributed by atoms with Crippen LogP contribution >= 0.6 is 0 Å². The first-order chi connectivity index (χ1) is 9.91. The minimum Gasteiger partial charge on any atom is -0.480 e. The Morgan fingerprint density at radius 1 is 1.52 bits per heavy atom. The third-order valence-electron chi connectivity index (χ3n) is 3.38. The summed E-state index contributed by atoms with van der Waals surface area (Å²) in [4.78, 5) is 17.2. The molecule has 1 aliphatic rings. The van der Waals surface area contributed by atoms with Gasteiger partial charge in [0, 0.05) is 19.3 Å². The third kappa shape index (κ3) is 3.77. The molecular formula is C13H16F3N3O2. The number of rotatable bonds is 2. The van der Waals surface area contributed by atoms with Crippen molar-refractivity contribution in [1.29, 1.82) is 0 Å². The highest BCUT2D eigenvalue weighted by molar-refractivity contribution is 5.90. The van der Waals surface area contributed by atoms with Crippen LogP contribution in [-0.4, -0.2) is 42.3 Å². The van der Waals surface area contributed by atoms with Crippen molar-refractivity contribution >= 4 is 11.7 Å². The number of halogens is 3. The number of pyridine rings is 1. The molecule has 5 nitrogen and oxygen atoms in total. The summed E-state index contributed by atoms with van der Waals surface area (Å²) in [7, 11) is 1.40. The van der Waals surface area contributed by atoms with Crippen molar-refractivity contribution in [3.8, 4) is 5.88 Å². The van der Waals surface area contributed by atoms with Gasteiger partial charge >= 0.3 is 12.2 Å². The lowest BCUT2D eigenvalue weighted by Crippen LogP contribution is -2.46. The van der Waals surface area contributed by atoms with Gasteiger partial charge in [-0.15, -0.1) is 0 Å². The SMILES string of the molecule is COc1ncccc1NC(=O)N1CCC[C@@H](C(F)(F)F)C1. The van der Waals surface area contributed by atoms with Crippen LogP contribution in [0.5, 0.6) is 5.88 Å². The zero-order valence-electron chi connectivity index (χ0n) is 11.5. The van der Waals surface area contributed by atoms with E-state index in [0.717, 1.165) is 0 Å². The van der Waals surface area contributed by atoms with Gasteiger partial charge in [-0.25, -0.2) is 9.78 Å². The van der Waals surface area contributed by atoms with Crippen molar-refractivity contribution in [2.45, 2.75) is 19.0 Å². The minimum absolute atomic E-state index is 0.0590. The van der Waals surface area contributed by atoms with Crippen molar-refractivity contribution in [2.24, 2.45) is 5.92 Å². The first-order valence-corrected chi connectivity index (χ1v) is 6.53. The Hall–Kier alpha value is -1.99. The Labute approximate surface area is 120 Å². The van der Waals surface area contributed by atoms with Crippen LogP contribution in [0.2, 0.25) is 0 Å². The Kier molecular flexibility index (Phi) is 4.54. The van der Waals surface area contributed by atoms with Crippen LogP contribution in [0.4, 0.5) is 23.7 Å². The van der Waals surface area contributed by atoms with E-state index in [4.69, 9.17) is 4.74 Å². The molecule has 8 heteroatoms. The molecule has 1 fully saturated rings. The molecule has 0 bridgehead atoms. The van der Waals surface area contributed by atoms with Gasteiger partial charge in [-0.3, -0.25) is 0 Å². The number of nitrogens with zero attached hydrogens (tertiary/aromatic N) is 2. The van der Waals surface area contributed by atoms with Gasteiger partial charge < -0.3 is 15.0 Å². The van der Waals surface area contributed by atoms with E-state index in [2.05, 4.69) is 10.3 Å². The largest absolute Gasteiger partial charge is 0.480 e. The second-order valence-corrected chi connectivity index (χ2v) is 4.82. The smallest absolute Gasteiger partial charge is 0.393 e. The molecule has 0 spiro atoms. The minimum atomic E-state index is -4.27. The number of piperidine rings is 1. The predicted octanol–water partition coefficient (Wildman–Crippen LogP) is 2.90. The molecule has 116 valence electrons. The molecule has 2 amide bonds. The number of ether oxygens (including phenoxy) is 1. The fraction of sp³-hybridized carbons (Fsp3) is 0.538. The van der Waals surface area contributed by atoms with Crippen LogP contribution in [0.1, 0.15) is 12.8 Å². The molecule has 2 rings (SSSR count). The number of anilines is 1. The van der Waals surface area contributed by atoms with Gasteiger partial charge in [-0.05, 0) is 25.0 Å². The van der Waals surface area contributed by atoms with E-state index in [-0.39, 0.29) is 18.8 Å². The van der Waals surface area contributed by atoms with E-state index in [1.165, 1.54) is 18.2 Å². The highest BCUT2D eigenvalue weighted by Gasteiger charge is 2.42. The third-order valence-corrected chi connectivity index (χ3v) is 3.38. The number of amides is 2. The number of carbonyl (C=O) groups excluding carboxylic acids is 1.